The highest BCUT2D eigenvalue weighted by Gasteiger charge is 2.38. The van der Waals surface area contributed by atoms with E-state index in [1.54, 1.807) is 6.92 Å². The molecule has 0 atom stereocenters. The van der Waals surface area contributed by atoms with Gasteiger partial charge in [-0.05, 0) is 30.9 Å². The molecule has 0 aromatic carbocycles. The molecule has 2 nitrogen and oxygen atoms in total. The Balaban J connectivity index is 0.000000741. The van der Waals surface area contributed by atoms with Gasteiger partial charge in [0.05, 0.1) is 11.8 Å². The van der Waals surface area contributed by atoms with Crippen molar-refractivity contribution in [3.8, 4) is 0 Å². The second-order valence-corrected chi connectivity index (χ2v) is 3.51. The summed E-state index contributed by atoms with van der Waals surface area (Å²) in [5.74, 6) is 0. The molecule has 0 spiro atoms. The molecule has 0 unspecified atom stereocenters. The predicted octanol–water partition coefficient (Wildman–Crippen LogP) is 4.73. The topological polar surface area (TPSA) is 25.8 Å². The average Bonchev–Trinajstić information content (AvgIpc) is 2.42. The Morgan fingerprint density at radius 2 is 1.68 bits per heavy atom. The number of allylic oxidation sites excluding steroid dienone is 2. The first-order valence-electron chi connectivity index (χ1n) is 6.59. The van der Waals surface area contributed by atoms with Crippen molar-refractivity contribution in [1.29, 1.82) is 0 Å². The monoisotopic (exact) mass is 274 g/mol. The summed E-state index contributed by atoms with van der Waals surface area (Å²) in [5, 5.41) is 7.16. The summed E-state index contributed by atoms with van der Waals surface area (Å²) in [6.45, 7) is 9.76. The largest absolute Gasteiger partial charge is 0.418 e. The Bertz CT molecular complexity index is 423. The molecule has 1 aliphatic carbocycles. The standard InChI is InChI=1S/C10H9F3N2.2C2H6/c1-6-5-14-15-9-7(6)3-2-4-8(9)10(11,12)13;2*1-2/h4-5H,2-3H2,1H3;2*1-2H3. The fourth-order valence-electron chi connectivity index (χ4n) is 1.74. The number of alkyl halides is 3. The lowest BCUT2D eigenvalue weighted by Gasteiger charge is -2.19. The van der Waals surface area contributed by atoms with Crippen molar-refractivity contribution >= 4 is 5.57 Å². The van der Waals surface area contributed by atoms with E-state index in [4.69, 9.17) is 0 Å². The van der Waals surface area contributed by atoms with Crippen LogP contribution in [0.3, 0.4) is 0 Å². The predicted molar refractivity (Wildman–Crippen MR) is 71.8 cm³/mol. The zero-order valence-corrected chi connectivity index (χ0v) is 12.1. The van der Waals surface area contributed by atoms with Crippen molar-refractivity contribution < 1.29 is 13.2 Å². The Morgan fingerprint density at radius 1 is 1.11 bits per heavy atom. The number of fused-ring (bicyclic) bond motifs is 1. The minimum absolute atomic E-state index is 0.00579. The van der Waals surface area contributed by atoms with Gasteiger partial charge in [0.2, 0.25) is 0 Å². The van der Waals surface area contributed by atoms with Crippen LogP contribution in [0.2, 0.25) is 0 Å². The van der Waals surface area contributed by atoms with E-state index in [1.165, 1.54) is 12.3 Å². The van der Waals surface area contributed by atoms with E-state index in [2.05, 4.69) is 10.2 Å². The Morgan fingerprint density at radius 3 is 2.21 bits per heavy atom. The van der Waals surface area contributed by atoms with E-state index in [0.29, 0.717) is 18.4 Å². The molecule has 0 saturated carbocycles. The van der Waals surface area contributed by atoms with Crippen molar-refractivity contribution in [3.05, 3.63) is 29.1 Å². The van der Waals surface area contributed by atoms with Crippen molar-refractivity contribution in [1.82, 2.24) is 10.2 Å². The third kappa shape index (κ3) is 4.33. The van der Waals surface area contributed by atoms with Gasteiger partial charge in [-0.3, -0.25) is 0 Å². The molecular formula is C14H21F3N2. The van der Waals surface area contributed by atoms with Crippen molar-refractivity contribution in [2.24, 2.45) is 0 Å². The highest BCUT2D eigenvalue weighted by Crippen LogP contribution is 2.37. The van der Waals surface area contributed by atoms with E-state index in [-0.39, 0.29) is 5.69 Å². The fourth-order valence-corrected chi connectivity index (χ4v) is 1.74. The molecule has 5 heteroatoms. The first kappa shape index (κ1) is 17.6. The van der Waals surface area contributed by atoms with Crippen LogP contribution in [0.1, 0.15) is 50.9 Å². The minimum atomic E-state index is -4.34. The Labute approximate surface area is 112 Å². The van der Waals surface area contributed by atoms with Gasteiger partial charge in [-0.25, -0.2) is 0 Å². The highest BCUT2D eigenvalue weighted by atomic mass is 19.4. The molecule has 0 saturated heterocycles. The van der Waals surface area contributed by atoms with Crippen LogP contribution >= 0.6 is 0 Å². The lowest BCUT2D eigenvalue weighted by molar-refractivity contribution is -0.0695. The molecule has 19 heavy (non-hydrogen) atoms. The number of halogens is 3. The van der Waals surface area contributed by atoms with Crippen LogP contribution in [0, 0.1) is 6.92 Å². The van der Waals surface area contributed by atoms with Gasteiger partial charge < -0.3 is 0 Å². The molecule has 108 valence electrons. The number of rotatable bonds is 0. The molecule has 0 bridgehead atoms. The van der Waals surface area contributed by atoms with E-state index >= 15 is 0 Å². The number of hydrogen-bond acceptors (Lipinski definition) is 2. The normalized spacial score (nSPS) is 13.2. The van der Waals surface area contributed by atoms with Crippen LogP contribution in [0.15, 0.2) is 12.3 Å². The van der Waals surface area contributed by atoms with E-state index in [0.717, 1.165) is 5.56 Å². The van der Waals surface area contributed by atoms with Crippen molar-refractivity contribution in [2.75, 3.05) is 0 Å². The molecule has 1 aromatic heterocycles. The molecular weight excluding hydrogens is 253 g/mol. The van der Waals surface area contributed by atoms with Gasteiger partial charge in [0.25, 0.3) is 0 Å². The SMILES string of the molecule is CC.CC.Cc1cnnc2c1CCC=C2C(F)(F)F. The quantitative estimate of drug-likeness (QED) is 0.683. The fraction of sp³-hybridized carbons (Fsp3) is 0.571. The maximum absolute atomic E-state index is 12.6. The molecule has 0 N–H and O–H groups in total. The maximum Gasteiger partial charge on any atom is 0.418 e. The molecule has 2 rings (SSSR count). The van der Waals surface area contributed by atoms with Gasteiger partial charge in [0.15, 0.2) is 0 Å². The van der Waals surface area contributed by atoms with E-state index < -0.39 is 11.7 Å². The summed E-state index contributed by atoms with van der Waals surface area (Å²) in [5.41, 5.74) is 0.781. The number of aryl methyl sites for hydroxylation is 1. The zero-order chi connectivity index (χ0) is 15.1. The minimum Gasteiger partial charge on any atom is -0.166 e. The molecule has 0 amide bonds. The second-order valence-electron chi connectivity index (χ2n) is 3.51. The van der Waals surface area contributed by atoms with Crippen LogP contribution in [0.25, 0.3) is 5.57 Å². The summed E-state index contributed by atoms with van der Waals surface area (Å²) >= 11 is 0. The van der Waals surface area contributed by atoms with Gasteiger partial charge in [-0.2, -0.15) is 23.4 Å². The van der Waals surface area contributed by atoms with Gasteiger partial charge in [-0.1, -0.05) is 33.8 Å². The van der Waals surface area contributed by atoms with Gasteiger partial charge in [0, 0.05) is 0 Å². The van der Waals surface area contributed by atoms with Crippen molar-refractivity contribution in [2.45, 2.75) is 53.6 Å². The van der Waals surface area contributed by atoms with Crippen LogP contribution in [0.4, 0.5) is 13.2 Å². The summed E-state index contributed by atoms with van der Waals surface area (Å²) in [6, 6.07) is 0. The van der Waals surface area contributed by atoms with Crippen LogP contribution in [0.5, 0.6) is 0 Å². The average molecular weight is 274 g/mol. The van der Waals surface area contributed by atoms with Gasteiger partial charge >= 0.3 is 6.18 Å². The highest BCUT2D eigenvalue weighted by molar-refractivity contribution is 5.71. The molecule has 1 aromatic rings. The lowest BCUT2D eigenvalue weighted by Crippen LogP contribution is -2.17. The van der Waals surface area contributed by atoms with Gasteiger partial charge in [-0.15, -0.1) is 0 Å². The Hall–Kier alpha value is -1.39. The number of aromatic nitrogens is 2. The molecule has 0 fully saturated rings. The first-order valence-corrected chi connectivity index (χ1v) is 6.59. The van der Waals surface area contributed by atoms with E-state index in [9.17, 15) is 13.2 Å². The summed E-state index contributed by atoms with van der Waals surface area (Å²) in [4.78, 5) is 0. The molecule has 0 aliphatic heterocycles. The molecule has 1 aliphatic rings. The van der Waals surface area contributed by atoms with E-state index in [1.807, 2.05) is 27.7 Å². The van der Waals surface area contributed by atoms with Crippen LogP contribution in [-0.2, 0) is 6.42 Å². The third-order valence-corrected chi connectivity index (χ3v) is 2.47. The molecule has 0 radical (unpaired) electrons. The zero-order valence-electron chi connectivity index (χ0n) is 12.1. The lowest BCUT2D eigenvalue weighted by atomic mass is 9.93. The smallest absolute Gasteiger partial charge is 0.166 e. The number of nitrogens with zero attached hydrogens (tertiary/aromatic N) is 2. The van der Waals surface area contributed by atoms with Gasteiger partial charge in [0.1, 0.15) is 5.69 Å². The summed E-state index contributed by atoms with van der Waals surface area (Å²) < 4.78 is 37.8. The van der Waals surface area contributed by atoms with Crippen molar-refractivity contribution in [3.63, 3.8) is 0 Å². The first-order chi connectivity index (χ1) is 9.00. The van der Waals surface area contributed by atoms with Crippen LogP contribution < -0.4 is 0 Å². The Kier molecular flexibility index (Phi) is 7.34. The molecule has 1 heterocycles. The second kappa shape index (κ2) is 7.92. The summed E-state index contributed by atoms with van der Waals surface area (Å²) in [7, 11) is 0. The number of hydrogen-bond donors (Lipinski definition) is 0. The van der Waals surface area contributed by atoms with Crippen LogP contribution in [-0.4, -0.2) is 16.4 Å². The third-order valence-electron chi connectivity index (χ3n) is 2.47. The summed E-state index contributed by atoms with van der Waals surface area (Å²) in [6.07, 6.45) is -0.628. The maximum atomic E-state index is 12.6.